The number of benzene rings is 2. The highest BCUT2D eigenvalue weighted by atomic mass is 79.9. The summed E-state index contributed by atoms with van der Waals surface area (Å²) in [6.45, 7) is -1.80. The zero-order valence-corrected chi connectivity index (χ0v) is 22.3. The monoisotopic (exact) mass is 701 g/mol. The van der Waals surface area contributed by atoms with Crippen molar-refractivity contribution in [2.75, 3.05) is 13.6 Å². The number of hydrazine groups is 1. The van der Waals surface area contributed by atoms with Gasteiger partial charge >= 0.3 is 24.6 Å². The number of alkyl halides is 9. The highest BCUT2D eigenvalue weighted by Crippen LogP contribution is 2.41. The molecule has 0 saturated carbocycles. The molecule has 3 amide bonds. The van der Waals surface area contributed by atoms with Crippen molar-refractivity contribution in [1.82, 2.24) is 15.8 Å². The molecule has 0 bridgehead atoms. The Kier molecular flexibility index (Phi) is 10.1. The quantitative estimate of drug-likeness (QED) is 0.248. The Morgan fingerprint density at radius 2 is 1.51 bits per heavy atom. The molecule has 0 aliphatic carbocycles. The molecule has 1 unspecified atom stereocenters. The van der Waals surface area contributed by atoms with Crippen LogP contribution in [0.3, 0.4) is 0 Å². The van der Waals surface area contributed by atoms with Gasteiger partial charge in [0.1, 0.15) is 18.3 Å². The summed E-state index contributed by atoms with van der Waals surface area (Å²) in [6, 6.07) is 3.12. The van der Waals surface area contributed by atoms with Crippen molar-refractivity contribution in [3.8, 4) is 0 Å². The third-order valence-corrected chi connectivity index (χ3v) is 5.68. The summed E-state index contributed by atoms with van der Waals surface area (Å²) in [6.07, 6.45) is -15.1. The van der Waals surface area contributed by atoms with Gasteiger partial charge in [0.15, 0.2) is 0 Å². The summed E-state index contributed by atoms with van der Waals surface area (Å²) in [5, 5.41) is 1.51. The molecule has 0 aromatic heterocycles. The minimum absolute atomic E-state index is 0.0716. The van der Waals surface area contributed by atoms with Gasteiger partial charge in [-0.1, -0.05) is 37.9 Å². The zero-order chi connectivity index (χ0) is 29.9. The molecule has 2 rings (SSSR count). The van der Waals surface area contributed by atoms with E-state index in [0.717, 1.165) is 19.2 Å². The lowest BCUT2D eigenvalue weighted by molar-refractivity contribution is -0.140. The van der Waals surface area contributed by atoms with Gasteiger partial charge in [0.2, 0.25) is 0 Å². The first-order chi connectivity index (χ1) is 17.7. The smallest absolute Gasteiger partial charge is 0.327 e. The second-order valence-corrected chi connectivity index (χ2v) is 9.60. The number of hydrogen-bond donors (Lipinski definition) is 2. The van der Waals surface area contributed by atoms with Crippen LogP contribution in [0.5, 0.6) is 0 Å². The van der Waals surface area contributed by atoms with Crippen LogP contribution in [0, 0.1) is 0 Å². The Labute approximate surface area is 230 Å². The van der Waals surface area contributed by atoms with Crippen LogP contribution < -0.4 is 10.7 Å². The van der Waals surface area contributed by atoms with E-state index >= 15 is 0 Å². The van der Waals surface area contributed by atoms with Gasteiger partial charge in [-0.15, -0.1) is 0 Å². The molecule has 0 heterocycles. The highest BCUT2D eigenvalue weighted by molar-refractivity contribution is 9.11. The van der Waals surface area contributed by atoms with Gasteiger partial charge in [0.05, 0.1) is 11.1 Å². The van der Waals surface area contributed by atoms with E-state index in [4.69, 9.17) is 0 Å². The lowest BCUT2D eigenvalue weighted by Crippen LogP contribution is -2.50. The number of carbonyl (C=O) groups excluding carboxylic acids is 2. The van der Waals surface area contributed by atoms with E-state index in [9.17, 15) is 53.5 Å². The standard InChI is InChI=1S/C22H15Br2F10N3O2/c1-37(19(39)35-9-20(26,27)28)36-18(38)14-3-2-10(6-16(14)22(32,33)34)17(25)8-15(21(29,30)31)11-4-12(23)7-13(24)5-11/h2-8,15H,9H2,1H3,(H,35,39)(H,36,38)/b17-8-. The molecular formula is C22H15Br2F10N3O2. The molecule has 0 spiro atoms. The van der Waals surface area contributed by atoms with E-state index in [0.29, 0.717) is 12.1 Å². The van der Waals surface area contributed by atoms with Crippen LogP contribution in [0.25, 0.3) is 5.83 Å². The average molecular weight is 703 g/mol. The molecule has 2 N–H and O–H groups in total. The molecule has 2 aromatic carbocycles. The normalized spacial score (nSPS) is 13.6. The average Bonchev–Trinajstić information content (AvgIpc) is 2.77. The van der Waals surface area contributed by atoms with Crippen LogP contribution in [0.1, 0.15) is 33.0 Å². The lowest BCUT2D eigenvalue weighted by Gasteiger charge is -2.21. The van der Waals surface area contributed by atoms with Crippen LogP contribution >= 0.6 is 31.9 Å². The first-order valence-electron chi connectivity index (χ1n) is 10.2. The number of halogens is 12. The van der Waals surface area contributed by atoms with Crippen LogP contribution in [-0.4, -0.2) is 42.9 Å². The molecule has 39 heavy (non-hydrogen) atoms. The molecule has 0 fully saturated rings. The van der Waals surface area contributed by atoms with Crippen LogP contribution in [0.4, 0.5) is 48.7 Å². The number of carbonyl (C=O) groups is 2. The summed E-state index contributed by atoms with van der Waals surface area (Å²) < 4.78 is 134. The summed E-state index contributed by atoms with van der Waals surface area (Å²) in [5.41, 5.74) is -2.71. The van der Waals surface area contributed by atoms with E-state index in [2.05, 4.69) is 31.9 Å². The fourth-order valence-electron chi connectivity index (χ4n) is 3.06. The predicted molar refractivity (Wildman–Crippen MR) is 126 cm³/mol. The van der Waals surface area contributed by atoms with Crippen molar-refractivity contribution in [2.24, 2.45) is 0 Å². The third kappa shape index (κ3) is 9.40. The highest BCUT2D eigenvalue weighted by Gasteiger charge is 2.41. The Bertz CT molecular complexity index is 1240. The van der Waals surface area contributed by atoms with Crippen LogP contribution in [0.2, 0.25) is 0 Å². The van der Waals surface area contributed by atoms with E-state index in [1.165, 1.54) is 11.4 Å². The van der Waals surface area contributed by atoms with E-state index in [1.54, 1.807) is 5.43 Å². The number of rotatable bonds is 5. The summed E-state index contributed by atoms with van der Waals surface area (Å²) >= 11 is 6.00. The maximum atomic E-state index is 14.9. The second kappa shape index (κ2) is 12.1. The third-order valence-electron chi connectivity index (χ3n) is 4.77. The molecular weight excluding hydrogens is 688 g/mol. The van der Waals surface area contributed by atoms with Gasteiger partial charge in [-0.05, 0) is 42.0 Å². The van der Waals surface area contributed by atoms with Gasteiger partial charge in [-0.25, -0.2) is 14.2 Å². The van der Waals surface area contributed by atoms with Crippen molar-refractivity contribution in [2.45, 2.75) is 24.4 Å². The number of amides is 3. The molecule has 214 valence electrons. The van der Waals surface area contributed by atoms with Gasteiger partial charge in [0, 0.05) is 21.6 Å². The minimum Gasteiger partial charge on any atom is -0.327 e. The first-order valence-corrected chi connectivity index (χ1v) is 11.8. The number of urea groups is 1. The fourth-order valence-corrected chi connectivity index (χ4v) is 4.39. The molecule has 0 aliphatic heterocycles. The van der Waals surface area contributed by atoms with Crippen LogP contribution in [-0.2, 0) is 6.18 Å². The molecule has 0 saturated heterocycles. The topological polar surface area (TPSA) is 61.4 Å². The van der Waals surface area contributed by atoms with Gasteiger partial charge in [-0.3, -0.25) is 10.2 Å². The lowest BCUT2D eigenvalue weighted by atomic mass is 9.95. The maximum absolute atomic E-state index is 14.9. The van der Waals surface area contributed by atoms with Gasteiger partial charge in [0.25, 0.3) is 5.91 Å². The summed E-state index contributed by atoms with van der Waals surface area (Å²) in [5.74, 6) is -5.86. The van der Waals surface area contributed by atoms with Crippen LogP contribution in [0.15, 0.2) is 51.4 Å². The Hall–Kier alpha value is -2.82. The zero-order valence-electron chi connectivity index (χ0n) is 19.1. The van der Waals surface area contributed by atoms with E-state index < -0.39 is 71.0 Å². The van der Waals surface area contributed by atoms with Crippen molar-refractivity contribution in [1.29, 1.82) is 0 Å². The van der Waals surface area contributed by atoms with Gasteiger partial charge in [-0.2, -0.15) is 39.5 Å². The number of allylic oxidation sites excluding steroid dienone is 1. The van der Waals surface area contributed by atoms with E-state index in [-0.39, 0.29) is 26.1 Å². The molecule has 0 aliphatic rings. The number of hydrogen-bond acceptors (Lipinski definition) is 2. The molecule has 0 radical (unpaired) electrons. The number of nitrogens with one attached hydrogen (secondary N) is 2. The summed E-state index contributed by atoms with van der Waals surface area (Å²) in [4.78, 5) is 24.0. The Balaban J connectivity index is 2.43. The second-order valence-electron chi connectivity index (χ2n) is 7.77. The predicted octanol–water partition coefficient (Wildman–Crippen LogP) is 7.74. The largest absolute Gasteiger partial charge is 0.417 e. The minimum atomic E-state index is -5.32. The van der Waals surface area contributed by atoms with Crippen molar-refractivity contribution < 1.29 is 53.5 Å². The maximum Gasteiger partial charge on any atom is 0.417 e. The van der Waals surface area contributed by atoms with E-state index in [1.807, 2.05) is 0 Å². The van der Waals surface area contributed by atoms with Crippen molar-refractivity contribution >= 4 is 49.6 Å². The van der Waals surface area contributed by atoms with Crippen molar-refractivity contribution in [3.05, 3.63) is 73.7 Å². The van der Waals surface area contributed by atoms with Gasteiger partial charge < -0.3 is 5.32 Å². The fraction of sp³-hybridized carbons (Fsp3) is 0.273. The Morgan fingerprint density at radius 1 is 0.949 bits per heavy atom. The molecule has 1 atom stereocenters. The Morgan fingerprint density at radius 3 is 2.00 bits per heavy atom. The number of nitrogens with zero attached hydrogens (tertiary/aromatic N) is 1. The molecule has 17 heteroatoms. The molecule has 2 aromatic rings. The first kappa shape index (κ1) is 32.4. The summed E-state index contributed by atoms with van der Waals surface area (Å²) in [7, 11) is 0.741. The SMILES string of the molecule is CN(NC(=O)c1ccc(/C(F)=C/C(c2cc(Br)cc(Br)c2)C(F)(F)F)cc1C(F)(F)F)C(=O)NCC(F)(F)F. The molecule has 5 nitrogen and oxygen atoms in total. The van der Waals surface area contributed by atoms with Crippen molar-refractivity contribution in [3.63, 3.8) is 0 Å².